The lowest BCUT2D eigenvalue weighted by atomic mass is 9.95. The summed E-state index contributed by atoms with van der Waals surface area (Å²) < 4.78 is 17.0. The number of piperidine rings is 1. The third kappa shape index (κ3) is 5.70. The van der Waals surface area contributed by atoms with Crippen LogP contribution in [0, 0.1) is 5.82 Å². The van der Waals surface area contributed by atoms with Crippen LogP contribution in [0.3, 0.4) is 0 Å². The summed E-state index contributed by atoms with van der Waals surface area (Å²) in [6.07, 6.45) is 3.22. The van der Waals surface area contributed by atoms with Crippen molar-refractivity contribution >= 4 is 47.0 Å². The summed E-state index contributed by atoms with van der Waals surface area (Å²) in [5.41, 5.74) is 0.935. The first-order valence-electron chi connectivity index (χ1n) is 13.2. The number of nitrogens with zero attached hydrogens (tertiary/aromatic N) is 4. The number of hydrogen-bond donors (Lipinski definition) is 0. The third-order valence-corrected chi connectivity index (χ3v) is 9.34. The Balaban J connectivity index is 1.54. The van der Waals surface area contributed by atoms with Gasteiger partial charge in [0.15, 0.2) is 0 Å². The number of carbonyl (C=O) groups excluding carboxylic acids is 2. The molecule has 6 nitrogen and oxygen atoms in total. The SMILES string of the molecule is CC(C)N1CC2N(Sc3cc(Cl)ccc3F)CC(N3CCCCC3)C(=O)N2C(Cc2ccc(Cl)cc2)C1=O. The van der Waals surface area contributed by atoms with Crippen LogP contribution in [0.15, 0.2) is 47.4 Å². The summed E-state index contributed by atoms with van der Waals surface area (Å²) in [6, 6.07) is 10.9. The van der Waals surface area contributed by atoms with Gasteiger partial charge in [0.2, 0.25) is 11.8 Å². The minimum atomic E-state index is -0.662. The predicted octanol–water partition coefficient (Wildman–Crippen LogP) is 5.33. The Kier molecular flexibility index (Phi) is 8.55. The zero-order chi connectivity index (χ0) is 27.0. The Morgan fingerprint density at radius 3 is 2.32 bits per heavy atom. The van der Waals surface area contributed by atoms with Crippen LogP contribution < -0.4 is 0 Å². The van der Waals surface area contributed by atoms with E-state index in [1.807, 2.05) is 30.9 Å². The second kappa shape index (κ2) is 11.7. The molecule has 0 saturated carbocycles. The summed E-state index contributed by atoms with van der Waals surface area (Å²) in [5.74, 6) is -0.434. The fourth-order valence-electron chi connectivity index (χ4n) is 5.71. The maximum Gasteiger partial charge on any atom is 0.246 e. The van der Waals surface area contributed by atoms with E-state index in [1.54, 1.807) is 23.1 Å². The van der Waals surface area contributed by atoms with E-state index in [1.165, 1.54) is 24.1 Å². The summed E-state index contributed by atoms with van der Waals surface area (Å²) >= 11 is 13.6. The largest absolute Gasteiger partial charge is 0.335 e. The lowest BCUT2D eigenvalue weighted by molar-refractivity contribution is -0.171. The summed E-state index contributed by atoms with van der Waals surface area (Å²) in [5, 5.41) is 1.07. The normalized spacial score (nSPS) is 25.3. The molecule has 5 rings (SSSR count). The molecular formula is C28H33Cl2FN4O2S. The van der Waals surface area contributed by atoms with Crippen LogP contribution >= 0.6 is 35.1 Å². The number of hydrogen-bond acceptors (Lipinski definition) is 5. The Morgan fingerprint density at radius 1 is 0.947 bits per heavy atom. The van der Waals surface area contributed by atoms with Gasteiger partial charge in [-0.15, -0.1) is 0 Å². The molecule has 2 aromatic carbocycles. The minimum absolute atomic E-state index is 0.0176. The van der Waals surface area contributed by atoms with Crippen LogP contribution in [0.4, 0.5) is 4.39 Å². The van der Waals surface area contributed by atoms with Crippen molar-refractivity contribution in [3.63, 3.8) is 0 Å². The zero-order valence-corrected chi connectivity index (χ0v) is 24.0. The molecule has 3 fully saturated rings. The fourth-order valence-corrected chi connectivity index (χ4v) is 7.17. The van der Waals surface area contributed by atoms with Crippen LogP contribution in [0.25, 0.3) is 0 Å². The van der Waals surface area contributed by atoms with Crippen molar-refractivity contribution in [1.29, 1.82) is 0 Å². The van der Waals surface area contributed by atoms with E-state index in [-0.39, 0.29) is 23.7 Å². The molecule has 3 aliphatic rings. The predicted molar refractivity (Wildman–Crippen MR) is 150 cm³/mol. The van der Waals surface area contributed by atoms with Gasteiger partial charge in [0.1, 0.15) is 24.1 Å². The van der Waals surface area contributed by atoms with E-state index in [9.17, 15) is 14.0 Å². The van der Waals surface area contributed by atoms with E-state index in [0.717, 1.165) is 37.9 Å². The number of rotatable bonds is 6. The Bertz CT molecular complexity index is 1180. The van der Waals surface area contributed by atoms with Gasteiger partial charge in [0.05, 0.1) is 11.4 Å². The van der Waals surface area contributed by atoms with Crippen LogP contribution in [0.5, 0.6) is 0 Å². The average molecular weight is 580 g/mol. The number of benzene rings is 2. The Hall–Kier alpha value is -1.84. The van der Waals surface area contributed by atoms with Crippen molar-refractivity contribution < 1.29 is 14.0 Å². The molecule has 2 amide bonds. The van der Waals surface area contributed by atoms with Gasteiger partial charge in [-0.3, -0.25) is 14.5 Å². The molecule has 0 N–H and O–H groups in total. The second-order valence-corrected chi connectivity index (χ2v) is 12.5. The van der Waals surface area contributed by atoms with Gasteiger partial charge in [-0.25, -0.2) is 8.70 Å². The Morgan fingerprint density at radius 2 is 1.63 bits per heavy atom. The molecule has 38 heavy (non-hydrogen) atoms. The van der Waals surface area contributed by atoms with Crippen molar-refractivity contribution in [2.24, 2.45) is 0 Å². The van der Waals surface area contributed by atoms with Crippen molar-refractivity contribution in [3.8, 4) is 0 Å². The lowest BCUT2D eigenvalue weighted by Crippen LogP contribution is -2.75. The van der Waals surface area contributed by atoms with Gasteiger partial charge < -0.3 is 9.80 Å². The van der Waals surface area contributed by atoms with Crippen molar-refractivity contribution in [3.05, 3.63) is 63.9 Å². The molecule has 3 unspecified atom stereocenters. The Labute approximate surface area is 238 Å². The van der Waals surface area contributed by atoms with Gasteiger partial charge in [-0.1, -0.05) is 41.8 Å². The van der Waals surface area contributed by atoms with Crippen LogP contribution in [0.1, 0.15) is 38.7 Å². The van der Waals surface area contributed by atoms with Crippen LogP contribution in [-0.2, 0) is 16.0 Å². The second-order valence-electron chi connectivity index (χ2n) is 10.5. The molecule has 3 aliphatic heterocycles. The molecule has 3 atom stereocenters. The molecule has 0 spiro atoms. The maximum absolute atomic E-state index is 14.9. The third-order valence-electron chi connectivity index (χ3n) is 7.72. The molecule has 0 aromatic heterocycles. The van der Waals surface area contributed by atoms with Crippen molar-refractivity contribution in [2.45, 2.75) is 68.7 Å². The molecule has 0 aliphatic carbocycles. The standard InChI is InChI=1S/C28H33Cl2FN4O2S/c1-18(2)33-17-26-34(38-25-15-21(30)10-11-22(25)31)16-24(32-12-4-3-5-13-32)28(37)35(26)23(27(33)36)14-19-6-8-20(29)9-7-19/h6-11,15,18,23-24,26H,3-5,12-14,16-17H2,1-2H3. The molecule has 0 bridgehead atoms. The maximum atomic E-state index is 14.9. The highest BCUT2D eigenvalue weighted by molar-refractivity contribution is 7.97. The molecule has 10 heteroatoms. The summed E-state index contributed by atoms with van der Waals surface area (Å²) in [4.78, 5) is 34.4. The smallest absolute Gasteiger partial charge is 0.246 e. The van der Waals surface area contributed by atoms with Gasteiger partial charge in [0, 0.05) is 29.1 Å². The summed E-state index contributed by atoms with van der Waals surface area (Å²) in [7, 11) is 0. The highest BCUT2D eigenvalue weighted by atomic mass is 35.5. The van der Waals surface area contributed by atoms with Gasteiger partial charge in [0.25, 0.3) is 0 Å². The number of carbonyl (C=O) groups is 2. The number of piperazine rings is 1. The topological polar surface area (TPSA) is 47.1 Å². The first kappa shape index (κ1) is 27.7. The molecule has 3 saturated heterocycles. The number of fused-ring (bicyclic) bond motifs is 1. The molecule has 2 aromatic rings. The van der Waals surface area contributed by atoms with Gasteiger partial charge >= 0.3 is 0 Å². The van der Waals surface area contributed by atoms with Gasteiger partial charge in [-0.05, 0) is 87.6 Å². The van der Waals surface area contributed by atoms with Crippen molar-refractivity contribution in [1.82, 2.24) is 19.0 Å². The van der Waals surface area contributed by atoms with Crippen molar-refractivity contribution in [2.75, 3.05) is 26.2 Å². The van der Waals surface area contributed by atoms with E-state index in [4.69, 9.17) is 23.2 Å². The lowest BCUT2D eigenvalue weighted by Gasteiger charge is -2.55. The number of likely N-dealkylation sites (tertiary alicyclic amines) is 1. The van der Waals surface area contributed by atoms with Crippen LogP contribution in [-0.4, -0.2) is 81.3 Å². The van der Waals surface area contributed by atoms with E-state index in [0.29, 0.717) is 34.5 Å². The summed E-state index contributed by atoms with van der Waals surface area (Å²) in [6.45, 7) is 6.47. The number of halogens is 3. The molecular weight excluding hydrogens is 546 g/mol. The highest BCUT2D eigenvalue weighted by Gasteiger charge is 2.52. The highest BCUT2D eigenvalue weighted by Crippen LogP contribution is 2.38. The van der Waals surface area contributed by atoms with Gasteiger partial charge in [-0.2, -0.15) is 0 Å². The molecule has 204 valence electrons. The minimum Gasteiger partial charge on any atom is -0.335 e. The van der Waals surface area contributed by atoms with Crippen LogP contribution in [0.2, 0.25) is 10.0 Å². The number of amides is 2. The quantitative estimate of drug-likeness (QED) is 0.434. The molecule has 3 heterocycles. The fraction of sp³-hybridized carbons (Fsp3) is 0.500. The average Bonchev–Trinajstić information content (AvgIpc) is 2.90. The van der Waals surface area contributed by atoms with E-state index >= 15 is 0 Å². The monoisotopic (exact) mass is 578 g/mol. The first-order chi connectivity index (χ1) is 18.2. The van der Waals surface area contributed by atoms with E-state index in [2.05, 4.69) is 9.21 Å². The molecule has 0 radical (unpaired) electrons. The van der Waals surface area contributed by atoms with E-state index < -0.39 is 18.2 Å². The first-order valence-corrected chi connectivity index (χ1v) is 14.8. The zero-order valence-electron chi connectivity index (χ0n) is 21.7.